The van der Waals surface area contributed by atoms with Crippen molar-refractivity contribution in [3.8, 4) is 44.9 Å². The zero-order valence-corrected chi connectivity index (χ0v) is 25.1. The molecule has 0 fully saturated rings. The maximum atomic E-state index is 6.40. The van der Waals surface area contributed by atoms with Gasteiger partial charge in [-0.2, -0.15) is 0 Å². The van der Waals surface area contributed by atoms with Gasteiger partial charge < -0.3 is 9.64 Å². The van der Waals surface area contributed by atoms with Gasteiger partial charge in [0.2, 0.25) is 0 Å². The summed E-state index contributed by atoms with van der Waals surface area (Å²) in [6.07, 6.45) is 0. The van der Waals surface area contributed by atoms with Crippen molar-refractivity contribution < 1.29 is 4.74 Å². The topological polar surface area (TPSA) is 12.5 Å². The quantitative estimate of drug-likeness (QED) is 0.199. The number of nitrogens with zero attached hydrogens (tertiary/aromatic N) is 1. The minimum atomic E-state index is 0.902. The molecule has 216 valence electrons. The van der Waals surface area contributed by atoms with Gasteiger partial charge in [-0.1, -0.05) is 133 Å². The van der Waals surface area contributed by atoms with E-state index in [1.54, 1.807) is 0 Å². The van der Waals surface area contributed by atoms with E-state index in [1.807, 2.05) is 12.1 Å². The highest BCUT2D eigenvalue weighted by molar-refractivity contribution is 6.10. The third-order valence-corrected chi connectivity index (χ3v) is 9.05. The lowest BCUT2D eigenvalue weighted by Crippen LogP contribution is -2.11. The lowest BCUT2D eigenvalue weighted by atomic mass is 9.90. The van der Waals surface area contributed by atoms with E-state index in [4.69, 9.17) is 4.74 Å². The molecular formula is C44H29NO. The Morgan fingerprint density at radius 2 is 1.02 bits per heavy atom. The largest absolute Gasteiger partial charge is 0.456 e. The average Bonchev–Trinajstić information content (AvgIpc) is 3.13. The first-order valence-electron chi connectivity index (χ1n) is 15.7. The highest BCUT2D eigenvalue weighted by Crippen LogP contribution is 2.49. The minimum absolute atomic E-state index is 0.902. The molecule has 2 nitrogen and oxygen atoms in total. The van der Waals surface area contributed by atoms with E-state index < -0.39 is 0 Å². The van der Waals surface area contributed by atoms with Crippen LogP contribution in [0.2, 0.25) is 0 Å². The van der Waals surface area contributed by atoms with Gasteiger partial charge in [0.1, 0.15) is 11.5 Å². The van der Waals surface area contributed by atoms with Crippen molar-refractivity contribution in [2.75, 3.05) is 4.90 Å². The van der Waals surface area contributed by atoms with Crippen molar-refractivity contribution in [1.82, 2.24) is 0 Å². The molecule has 0 radical (unpaired) electrons. The number of ether oxygens (including phenoxy) is 1. The standard InChI is InChI=1S/C44H29NO/c1-2-16-32(17-3-1)45(41-25-8-6-20-37(41)36-22-11-14-30-13-4-5-19-34(30)36)33-18-10-15-31(29-33)35-27-28-43-44-39(35)23-12-24-40(44)38-21-7-9-26-42(38)46-43/h1-29H. The molecule has 2 heteroatoms. The highest BCUT2D eigenvalue weighted by atomic mass is 16.5. The fourth-order valence-electron chi connectivity index (χ4n) is 7.01. The Labute approximate surface area is 268 Å². The molecule has 0 bridgehead atoms. The van der Waals surface area contributed by atoms with Crippen molar-refractivity contribution >= 4 is 38.6 Å². The van der Waals surface area contributed by atoms with Crippen LogP contribution in [-0.4, -0.2) is 0 Å². The summed E-state index contributed by atoms with van der Waals surface area (Å²) in [5, 5.41) is 4.82. The zero-order valence-electron chi connectivity index (χ0n) is 25.1. The van der Waals surface area contributed by atoms with Gasteiger partial charge in [0, 0.05) is 27.9 Å². The molecule has 8 aromatic carbocycles. The second-order valence-corrected chi connectivity index (χ2v) is 11.7. The van der Waals surface area contributed by atoms with Crippen molar-refractivity contribution in [3.63, 3.8) is 0 Å². The van der Waals surface area contributed by atoms with Crippen LogP contribution in [0, 0.1) is 0 Å². The van der Waals surface area contributed by atoms with Gasteiger partial charge in [0.15, 0.2) is 0 Å². The van der Waals surface area contributed by atoms with Crippen LogP contribution in [-0.2, 0) is 0 Å². The Hall–Kier alpha value is -6.12. The second-order valence-electron chi connectivity index (χ2n) is 11.7. The first kappa shape index (κ1) is 26.3. The molecule has 0 spiro atoms. The van der Waals surface area contributed by atoms with Crippen LogP contribution in [0.1, 0.15) is 0 Å². The first-order valence-corrected chi connectivity index (χ1v) is 15.7. The molecule has 46 heavy (non-hydrogen) atoms. The average molecular weight is 588 g/mol. The Bertz CT molecular complexity index is 2400. The second kappa shape index (κ2) is 10.8. The predicted molar refractivity (Wildman–Crippen MR) is 193 cm³/mol. The van der Waals surface area contributed by atoms with Crippen LogP contribution in [0.15, 0.2) is 176 Å². The van der Waals surface area contributed by atoms with Crippen LogP contribution in [0.3, 0.4) is 0 Å². The fourth-order valence-corrected chi connectivity index (χ4v) is 7.01. The molecule has 0 aromatic heterocycles. The first-order chi connectivity index (χ1) is 22.8. The number of para-hydroxylation sites is 3. The maximum absolute atomic E-state index is 6.40. The molecule has 0 amide bonds. The van der Waals surface area contributed by atoms with Gasteiger partial charge in [0.05, 0.1) is 5.69 Å². The normalized spacial score (nSPS) is 11.7. The molecule has 0 saturated carbocycles. The molecule has 0 aliphatic carbocycles. The number of fused-ring (bicyclic) bond motifs is 3. The van der Waals surface area contributed by atoms with Gasteiger partial charge in [0.25, 0.3) is 0 Å². The third-order valence-electron chi connectivity index (χ3n) is 9.05. The highest BCUT2D eigenvalue weighted by Gasteiger charge is 2.22. The number of anilines is 3. The number of hydrogen-bond acceptors (Lipinski definition) is 2. The van der Waals surface area contributed by atoms with Gasteiger partial charge in [-0.15, -0.1) is 0 Å². The van der Waals surface area contributed by atoms with E-state index in [1.165, 1.54) is 38.4 Å². The third kappa shape index (κ3) is 4.27. The number of rotatable bonds is 5. The summed E-state index contributed by atoms with van der Waals surface area (Å²) in [6, 6.07) is 62.7. The summed E-state index contributed by atoms with van der Waals surface area (Å²) in [5.41, 5.74) is 10.4. The summed E-state index contributed by atoms with van der Waals surface area (Å²) in [4.78, 5) is 2.38. The lowest BCUT2D eigenvalue weighted by molar-refractivity contribution is 0.487. The molecule has 8 aromatic rings. The molecule has 1 heterocycles. The van der Waals surface area contributed by atoms with Gasteiger partial charge in [-0.3, -0.25) is 0 Å². The number of benzene rings is 8. The Kier molecular flexibility index (Phi) is 6.17. The summed E-state index contributed by atoms with van der Waals surface area (Å²) in [7, 11) is 0. The molecule has 9 rings (SSSR count). The minimum Gasteiger partial charge on any atom is -0.456 e. The van der Waals surface area contributed by atoms with E-state index in [-0.39, 0.29) is 0 Å². The summed E-state index contributed by atoms with van der Waals surface area (Å²) >= 11 is 0. The van der Waals surface area contributed by atoms with Crippen molar-refractivity contribution in [3.05, 3.63) is 176 Å². The van der Waals surface area contributed by atoms with Gasteiger partial charge in [-0.05, 0) is 80.9 Å². The smallest absolute Gasteiger partial charge is 0.135 e. The van der Waals surface area contributed by atoms with Crippen molar-refractivity contribution in [1.29, 1.82) is 0 Å². The maximum Gasteiger partial charge on any atom is 0.135 e. The zero-order chi connectivity index (χ0) is 30.5. The van der Waals surface area contributed by atoms with Crippen LogP contribution in [0.25, 0.3) is 54.9 Å². The Balaban J connectivity index is 1.24. The van der Waals surface area contributed by atoms with Gasteiger partial charge in [-0.25, -0.2) is 0 Å². The molecular weight excluding hydrogens is 558 g/mol. The van der Waals surface area contributed by atoms with E-state index >= 15 is 0 Å². The van der Waals surface area contributed by atoms with Crippen molar-refractivity contribution in [2.45, 2.75) is 0 Å². The SMILES string of the molecule is c1ccc(N(c2cccc(-c3ccc4c5c(cccc35)-c3ccccc3O4)c2)c2ccccc2-c2cccc3ccccc23)cc1. The molecule has 0 saturated heterocycles. The van der Waals surface area contributed by atoms with Crippen LogP contribution in [0.5, 0.6) is 11.5 Å². The van der Waals surface area contributed by atoms with Gasteiger partial charge >= 0.3 is 0 Å². The molecule has 1 aliphatic rings. The molecule has 1 aliphatic heterocycles. The fraction of sp³-hybridized carbons (Fsp3) is 0. The summed E-state index contributed by atoms with van der Waals surface area (Å²) in [5.74, 6) is 1.81. The van der Waals surface area contributed by atoms with E-state index in [9.17, 15) is 0 Å². The molecule has 0 atom stereocenters. The van der Waals surface area contributed by atoms with Crippen LogP contribution >= 0.6 is 0 Å². The summed E-state index contributed by atoms with van der Waals surface area (Å²) < 4.78 is 6.40. The lowest BCUT2D eigenvalue weighted by Gasteiger charge is -2.28. The van der Waals surface area contributed by atoms with Crippen LogP contribution in [0.4, 0.5) is 17.1 Å². The molecule has 0 unspecified atom stereocenters. The van der Waals surface area contributed by atoms with Crippen molar-refractivity contribution in [2.24, 2.45) is 0 Å². The van der Waals surface area contributed by atoms with E-state index in [2.05, 4.69) is 169 Å². The van der Waals surface area contributed by atoms with E-state index in [0.29, 0.717) is 0 Å². The monoisotopic (exact) mass is 587 g/mol. The predicted octanol–water partition coefficient (Wildman–Crippen LogP) is 12.6. The molecule has 0 N–H and O–H groups in total. The summed E-state index contributed by atoms with van der Waals surface area (Å²) in [6.45, 7) is 0. The Morgan fingerprint density at radius 3 is 1.96 bits per heavy atom. The number of hydrogen-bond donors (Lipinski definition) is 0. The van der Waals surface area contributed by atoms with E-state index in [0.717, 1.165) is 45.1 Å². The van der Waals surface area contributed by atoms with Crippen LogP contribution < -0.4 is 9.64 Å². The Morgan fingerprint density at radius 1 is 0.370 bits per heavy atom.